The van der Waals surface area contributed by atoms with Crippen LogP contribution in [0.5, 0.6) is 5.88 Å². The average Bonchev–Trinajstić information content (AvgIpc) is 3.42. The normalized spacial score (nSPS) is 21.9. The van der Waals surface area contributed by atoms with Gasteiger partial charge >= 0.3 is 0 Å². The molecule has 2 N–H and O–H groups in total. The van der Waals surface area contributed by atoms with Crippen LogP contribution in [0.2, 0.25) is 0 Å². The van der Waals surface area contributed by atoms with Crippen molar-refractivity contribution in [2.45, 2.75) is 51.9 Å². The van der Waals surface area contributed by atoms with Crippen LogP contribution in [0.15, 0.2) is 41.5 Å². The number of benzene rings is 1. The summed E-state index contributed by atoms with van der Waals surface area (Å²) in [5, 5.41) is 11.5. The summed E-state index contributed by atoms with van der Waals surface area (Å²) < 4.78 is 8.02. The van der Waals surface area contributed by atoms with Crippen LogP contribution in [-0.4, -0.2) is 70.9 Å². The summed E-state index contributed by atoms with van der Waals surface area (Å²) >= 11 is 0. The third-order valence-electron chi connectivity index (χ3n) is 9.20. The van der Waals surface area contributed by atoms with E-state index in [1.54, 1.807) is 23.0 Å². The maximum absolute atomic E-state index is 13.7. The Hall–Kier alpha value is -3.92. The average molecular weight is 583 g/mol. The lowest BCUT2D eigenvalue weighted by Crippen LogP contribution is -2.36. The Kier molecular flexibility index (Phi) is 7.78. The zero-order valence-corrected chi connectivity index (χ0v) is 25.3. The molecule has 2 bridgehead atoms. The Balaban J connectivity index is 1.17. The maximum atomic E-state index is 13.7. The molecule has 1 atom stereocenters. The second-order valence-electron chi connectivity index (χ2n) is 12.5. The Morgan fingerprint density at radius 2 is 1.93 bits per heavy atom. The highest BCUT2D eigenvalue weighted by Crippen LogP contribution is 2.43. The van der Waals surface area contributed by atoms with E-state index in [2.05, 4.69) is 43.7 Å². The van der Waals surface area contributed by atoms with Crippen LogP contribution in [0, 0.1) is 18.8 Å². The summed E-state index contributed by atoms with van der Waals surface area (Å²) in [7, 11) is 1.88. The van der Waals surface area contributed by atoms with Gasteiger partial charge in [-0.25, -0.2) is 4.68 Å². The topological polar surface area (TPSA) is 99.9 Å². The standard InChI is InChI=1S/C33H42N8O2/c1-22-17-25-18-28(36-22)27-20-35-39(2)32(27)43-16-5-7-24(23-8-9-23)21-41-30-11-10-26(19-29(30)37-33(41)38-31(25)42)34-12-6-15-40-13-3-4-14-40/h10-11,17-20,23-24,34H,3-9,12-16,21H2,1-2H3,(H,37,38,42). The van der Waals surface area contributed by atoms with E-state index < -0.39 is 0 Å². The van der Waals surface area contributed by atoms with E-state index in [1.807, 2.05) is 14.0 Å². The molecule has 0 radical (unpaired) electrons. The number of hydrogen-bond acceptors (Lipinski definition) is 8. The second kappa shape index (κ2) is 12.0. The Bertz CT molecular complexity index is 1520. The van der Waals surface area contributed by atoms with Crippen molar-refractivity contribution in [1.29, 1.82) is 0 Å². The van der Waals surface area contributed by atoms with E-state index in [0.29, 0.717) is 41.5 Å². The number of rotatable bonds is 6. The molecule has 2 aromatic heterocycles. The molecule has 1 aromatic carbocycles. The predicted molar refractivity (Wildman–Crippen MR) is 170 cm³/mol. The van der Waals surface area contributed by atoms with E-state index in [9.17, 15) is 4.79 Å². The quantitative estimate of drug-likeness (QED) is 0.377. The minimum atomic E-state index is -0.295. The number of nitrogens with zero attached hydrogens (tertiary/aromatic N) is 6. The van der Waals surface area contributed by atoms with E-state index >= 15 is 0 Å². The molecule has 1 saturated carbocycles. The molecule has 1 amide bonds. The molecule has 2 fully saturated rings. The van der Waals surface area contributed by atoms with Gasteiger partial charge in [-0.1, -0.05) is 0 Å². The first-order valence-corrected chi connectivity index (χ1v) is 15.9. The van der Waals surface area contributed by atoms with Crippen LogP contribution in [-0.2, 0) is 7.05 Å². The number of pyridine rings is 1. The van der Waals surface area contributed by atoms with Crippen molar-refractivity contribution in [3.63, 3.8) is 0 Å². The van der Waals surface area contributed by atoms with E-state index in [4.69, 9.17) is 14.7 Å². The summed E-state index contributed by atoms with van der Waals surface area (Å²) in [6, 6.07) is 10.1. The molecule has 1 aliphatic carbocycles. The highest BCUT2D eigenvalue weighted by Gasteiger charge is 2.36. The molecule has 1 saturated heterocycles. The molecule has 4 aliphatic rings. The predicted octanol–water partition coefficient (Wildman–Crippen LogP) is 5.32. The highest BCUT2D eigenvalue weighted by atomic mass is 16.5. The fourth-order valence-electron chi connectivity index (χ4n) is 6.75. The van der Waals surface area contributed by atoms with Crippen molar-refractivity contribution in [1.82, 2.24) is 19.7 Å². The number of guanidine groups is 1. The van der Waals surface area contributed by atoms with Gasteiger partial charge in [0.1, 0.15) is 0 Å². The highest BCUT2D eigenvalue weighted by molar-refractivity contribution is 6.19. The number of carbonyl (C=O) groups is 1. The summed E-state index contributed by atoms with van der Waals surface area (Å²) in [6.45, 7) is 7.88. The number of carbonyl (C=O) groups excluding carboxylic acids is 1. The van der Waals surface area contributed by atoms with Crippen molar-refractivity contribution in [3.8, 4) is 17.1 Å². The fraction of sp³-hybridized carbons (Fsp3) is 0.515. The molecule has 226 valence electrons. The van der Waals surface area contributed by atoms with E-state index in [-0.39, 0.29) is 5.91 Å². The third kappa shape index (κ3) is 6.11. The minimum Gasteiger partial charge on any atom is -0.477 e. The van der Waals surface area contributed by atoms with Gasteiger partial charge in [0.2, 0.25) is 11.8 Å². The number of fused-ring (bicyclic) bond motifs is 7. The second-order valence-corrected chi connectivity index (χ2v) is 12.5. The van der Waals surface area contributed by atoms with Crippen LogP contribution < -0.4 is 20.3 Å². The molecule has 5 heterocycles. The lowest BCUT2D eigenvalue weighted by atomic mass is 9.97. The number of aliphatic imine (C=N–C) groups is 1. The van der Waals surface area contributed by atoms with Crippen LogP contribution in [0.1, 0.15) is 61.0 Å². The molecule has 0 spiro atoms. The number of aromatic nitrogens is 3. The van der Waals surface area contributed by atoms with Crippen LogP contribution in [0.3, 0.4) is 0 Å². The van der Waals surface area contributed by atoms with Gasteiger partial charge in [0, 0.05) is 37.1 Å². The minimum absolute atomic E-state index is 0.295. The number of likely N-dealkylation sites (tertiary alicyclic amines) is 1. The van der Waals surface area contributed by atoms with Crippen LogP contribution in [0.4, 0.5) is 17.1 Å². The van der Waals surface area contributed by atoms with Gasteiger partial charge < -0.3 is 25.2 Å². The monoisotopic (exact) mass is 582 g/mol. The molecule has 10 nitrogen and oxygen atoms in total. The Labute approximate surface area is 253 Å². The van der Waals surface area contributed by atoms with Gasteiger partial charge in [0.15, 0.2) is 0 Å². The number of nitrogens with one attached hydrogen (secondary N) is 2. The van der Waals surface area contributed by atoms with Gasteiger partial charge in [-0.2, -0.15) is 10.1 Å². The number of anilines is 3. The summed E-state index contributed by atoms with van der Waals surface area (Å²) in [6.07, 6.45) is 10.0. The first kappa shape index (κ1) is 27.9. The summed E-state index contributed by atoms with van der Waals surface area (Å²) in [4.78, 5) is 27.9. The van der Waals surface area contributed by atoms with Crippen molar-refractivity contribution in [2.24, 2.45) is 23.9 Å². The third-order valence-corrected chi connectivity index (χ3v) is 9.20. The zero-order chi connectivity index (χ0) is 29.3. The Morgan fingerprint density at radius 3 is 2.77 bits per heavy atom. The molecule has 3 aromatic rings. The van der Waals surface area contributed by atoms with Gasteiger partial charge in [-0.15, -0.1) is 0 Å². The first-order valence-electron chi connectivity index (χ1n) is 15.9. The molecule has 3 aliphatic heterocycles. The van der Waals surface area contributed by atoms with Gasteiger partial charge in [-0.05, 0) is 114 Å². The van der Waals surface area contributed by atoms with Crippen LogP contribution >= 0.6 is 0 Å². The number of amides is 1. The molecule has 43 heavy (non-hydrogen) atoms. The van der Waals surface area contributed by atoms with Crippen molar-refractivity contribution < 1.29 is 9.53 Å². The summed E-state index contributed by atoms with van der Waals surface area (Å²) in [5.41, 5.74) is 5.84. The summed E-state index contributed by atoms with van der Waals surface area (Å²) in [5.74, 6) is 2.17. The SMILES string of the molecule is Cc1cc2cc(n1)-c1cnn(C)c1OCCCC(C1CC1)CN1/C(=N/C2=O)Nc2cc(NCCCN3CCCC3)ccc21. The number of aryl methyl sites for hydroxylation is 2. The van der Waals surface area contributed by atoms with Gasteiger partial charge in [0.25, 0.3) is 5.91 Å². The van der Waals surface area contributed by atoms with Gasteiger partial charge in [0.05, 0.1) is 35.4 Å². The smallest absolute Gasteiger partial charge is 0.280 e. The molecular formula is C33H42N8O2. The lowest BCUT2D eigenvalue weighted by Gasteiger charge is -2.25. The molecular weight excluding hydrogens is 540 g/mol. The molecule has 10 heteroatoms. The zero-order valence-electron chi connectivity index (χ0n) is 25.3. The number of hydrogen-bond donors (Lipinski definition) is 2. The van der Waals surface area contributed by atoms with E-state index in [0.717, 1.165) is 67.2 Å². The maximum Gasteiger partial charge on any atom is 0.280 e. The van der Waals surface area contributed by atoms with Crippen molar-refractivity contribution in [2.75, 3.05) is 54.9 Å². The largest absolute Gasteiger partial charge is 0.477 e. The van der Waals surface area contributed by atoms with Crippen LogP contribution in [0.25, 0.3) is 11.3 Å². The fourth-order valence-corrected chi connectivity index (χ4v) is 6.75. The molecule has 1 unspecified atom stereocenters. The van der Waals surface area contributed by atoms with Crippen molar-refractivity contribution in [3.05, 3.63) is 47.8 Å². The van der Waals surface area contributed by atoms with Gasteiger partial charge in [-0.3, -0.25) is 9.78 Å². The molecule has 7 rings (SSSR count). The Morgan fingerprint density at radius 1 is 1.07 bits per heavy atom. The first-order chi connectivity index (χ1) is 21.0. The number of ether oxygens (including phenoxy) is 1. The van der Waals surface area contributed by atoms with E-state index in [1.165, 1.54) is 38.8 Å². The lowest BCUT2D eigenvalue weighted by molar-refractivity contribution is 0.100. The van der Waals surface area contributed by atoms with Crippen molar-refractivity contribution >= 4 is 28.9 Å².